The second kappa shape index (κ2) is 5.68. The van der Waals surface area contributed by atoms with Gasteiger partial charge in [0.1, 0.15) is 10.8 Å². The molecular formula is C16H18N4OS. The molecule has 0 saturated heterocycles. The largest absolute Gasteiger partial charge is 0.497 e. The molecule has 5 nitrogen and oxygen atoms in total. The van der Waals surface area contributed by atoms with Crippen LogP contribution in [0.25, 0.3) is 16.3 Å². The molecule has 1 saturated carbocycles. The van der Waals surface area contributed by atoms with Crippen molar-refractivity contribution in [3.63, 3.8) is 0 Å². The first kappa shape index (κ1) is 13.7. The van der Waals surface area contributed by atoms with Crippen LogP contribution in [-0.4, -0.2) is 26.9 Å². The van der Waals surface area contributed by atoms with Gasteiger partial charge in [-0.2, -0.15) is 9.61 Å². The van der Waals surface area contributed by atoms with Crippen LogP contribution in [0.3, 0.4) is 0 Å². The quantitative estimate of drug-likeness (QED) is 0.735. The number of nitrogens with zero attached hydrogens (tertiary/aromatic N) is 4. The molecule has 0 amide bonds. The zero-order valence-electron chi connectivity index (χ0n) is 12.5. The van der Waals surface area contributed by atoms with Crippen LogP contribution in [-0.2, 0) is 0 Å². The van der Waals surface area contributed by atoms with Crippen molar-refractivity contribution in [1.29, 1.82) is 0 Å². The molecule has 2 aromatic heterocycles. The van der Waals surface area contributed by atoms with Crippen LogP contribution >= 0.6 is 11.3 Å². The van der Waals surface area contributed by atoms with E-state index in [1.807, 2.05) is 28.8 Å². The van der Waals surface area contributed by atoms with Crippen molar-refractivity contribution in [2.45, 2.75) is 38.0 Å². The molecule has 1 aliphatic carbocycles. The van der Waals surface area contributed by atoms with Gasteiger partial charge in [-0.05, 0) is 37.1 Å². The third-order valence-corrected chi connectivity index (χ3v) is 5.37. The zero-order chi connectivity index (χ0) is 14.9. The lowest BCUT2D eigenvalue weighted by atomic mass is 9.90. The van der Waals surface area contributed by atoms with E-state index in [0.29, 0.717) is 5.92 Å². The van der Waals surface area contributed by atoms with Gasteiger partial charge in [-0.1, -0.05) is 30.6 Å². The van der Waals surface area contributed by atoms with Gasteiger partial charge in [0.2, 0.25) is 4.96 Å². The Kier molecular flexibility index (Phi) is 3.54. The summed E-state index contributed by atoms with van der Waals surface area (Å²) >= 11 is 1.68. The predicted molar refractivity (Wildman–Crippen MR) is 86.5 cm³/mol. The minimum atomic E-state index is 0.601. The third-order valence-electron chi connectivity index (χ3n) is 4.31. The highest BCUT2D eigenvalue weighted by atomic mass is 32.1. The van der Waals surface area contributed by atoms with E-state index in [0.717, 1.165) is 22.1 Å². The summed E-state index contributed by atoms with van der Waals surface area (Å²) in [6.07, 6.45) is 6.49. The lowest BCUT2D eigenvalue weighted by molar-refractivity contribution is 0.415. The molecule has 114 valence electrons. The van der Waals surface area contributed by atoms with Crippen LogP contribution in [0, 0.1) is 0 Å². The molecule has 2 heterocycles. The van der Waals surface area contributed by atoms with Gasteiger partial charge in [-0.3, -0.25) is 0 Å². The van der Waals surface area contributed by atoms with Crippen molar-refractivity contribution in [2.24, 2.45) is 0 Å². The lowest BCUT2D eigenvalue weighted by Gasteiger charge is -2.18. The molecule has 0 spiro atoms. The van der Waals surface area contributed by atoms with Gasteiger partial charge < -0.3 is 4.74 Å². The molecule has 1 fully saturated rings. The fraction of sp³-hybridized carbons (Fsp3) is 0.438. The SMILES string of the molecule is COc1ccc(-c2nnc3sc(C4CCCCC4)nn23)cc1. The Hall–Kier alpha value is -1.95. The fourth-order valence-corrected chi connectivity index (χ4v) is 4.07. The lowest BCUT2D eigenvalue weighted by Crippen LogP contribution is -2.04. The molecule has 0 bridgehead atoms. The van der Waals surface area contributed by atoms with E-state index in [-0.39, 0.29) is 0 Å². The van der Waals surface area contributed by atoms with Crippen LogP contribution in [0.4, 0.5) is 0 Å². The van der Waals surface area contributed by atoms with Gasteiger partial charge >= 0.3 is 0 Å². The number of rotatable bonds is 3. The molecule has 6 heteroatoms. The van der Waals surface area contributed by atoms with Gasteiger partial charge in [-0.25, -0.2) is 0 Å². The maximum absolute atomic E-state index is 5.20. The Morgan fingerprint density at radius 1 is 1.09 bits per heavy atom. The molecule has 0 N–H and O–H groups in total. The van der Waals surface area contributed by atoms with Crippen molar-refractivity contribution in [3.8, 4) is 17.1 Å². The summed E-state index contributed by atoms with van der Waals surface area (Å²) in [5.74, 6) is 2.24. The summed E-state index contributed by atoms with van der Waals surface area (Å²) in [5, 5.41) is 14.6. The van der Waals surface area contributed by atoms with Gasteiger partial charge in [0.15, 0.2) is 5.82 Å². The van der Waals surface area contributed by atoms with Crippen molar-refractivity contribution in [3.05, 3.63) is 29.3 Å². The van der Waals surface area contributed by atoms with Crippen LogP contribution in [0.5, 0.6) is 5.75 Å². The molecule has 0 aliphatic heterocycles. The Morgan fingerprint density at radius 2 is 1.86 bits per heavy atom. The van der Waals surface area contributed by atoms with Gasteiger partial charge in [0, 0.05) is 11.5 Å². The number of ether oxygens (including phenoxy) is 1. The first-order valence-corrected chi connectivity index (χ1v) is 8.53. The van der Waals surface area contributed by atoms with E-state index >= 15 is 0 Å². The summed E-state index contributed by atoms with van der Waals surface area (Å²) < 4.78 is 7.09. The molecule has 0 unspecified atom stereocenters. The van der Waals surface area contributed by atoms with Crippen LogP contribution < -0.4 is 4.74 Å². The molecule has 0 atom stereocenters. The van der Waals surface area contributed by atoms with Crippen molar-refractivity contribution in [1.82, 2.24) is 19.8 Å². The number of aromatic nitrogens is 4. The zero-order valence-corrected chi connectivity index (χ0v) is 13.3. The number of hydrogen-bond donors (Lipinski definition) is 0. The maximum Gasteiger partial charge on any atom is 0.234 e. The van der Waals surface area contributed by atoms with Crippen LogP contribution in [0.1, 0.15) is 43.0 Å². The summed E-state index contributed by atoms with van der Waals surface area (Å²) in [4.78, 5) is 0.881. The second-order valence-electron chi connectivity index (χ2n) is 5.72. The minimum Gasteiger partial charge on any atom is -0.497 e. The fourth-order valence-electron chi connectivity index (χ4n) is 3.07. The van der Waals surface area contributed by atoms with Gasteiger partial charge in [-0.15, -0.1) is 10.2 Å². The topological polar surface area (TPSA) is 52.3 Å². The van der Waals surface area contributed by atoms with E-state index in [1.54, 1.807) is 18.4 Å². The highest BCUT2D eigenvalue weighted by molar-refractivity contribution is 7.16. The second-order valence-corrected chi connectivity index (χ2v) is 6.71. The predicted octanol–water partition coefficient (Wildman–Crippen LogP) is 3.91. The Balaban J connectivity index is 1.70. The molecule has 1 aromatic carbocycles. The Morgan fingerprint density at radius 3 is 2.59 bits per heavy atom. The maximum atomic E-state index is 5.20. The number of fused-ring (bicyclic) bond motifs is 1. The average Bonchev–Trinajstić information content (AvgIpc) is 3.16. The van der Waals surface area contributed by atoms with Crippen molar-refractivity contribution < 1.29 is 4.74 Å². The van der Waals surface area contributed by atoms with E-state index in [9.17, 15) is 0 Å². The van der Waals surface area contributed by atoms with E-state index in [2.05, 4.69) is 10.2 Å². The highest BCUT2D eigenvalue weighted by Crippen LogP contribution is 2.35. The Bertz CT molecular complexity index is 771. The monoisotopic (exact) mass is 314 g/mol. The van der Waals surface area contributed by atoms with Gasteiger partial charge in [0.25, 0.3) is 0 Å². The molecular weight excluding hydrogens is 296 g/mol. The minimum absolute atomic E-state index is 0.601. The normalized spacial score (nSPS) is 16.2. The summed E-state index contributed by atoms with van der Waals surface area (Å²) in [6, 6.07) is 7.86. The van der Waals surface area contributed by atoms with Crippen LogP contribution in [0.15, 0.2) is 24.3 Å². The Labute approximate surface area is 133 Å². The third kappa shape index (κ3) is 2.37. The summed E-state index contributed by atoms with van der Waals surface area (Å²) in [7, 11) is 1.67. The van der Waals surface area contributed by atoms with E-state index < -0.39 is 0 Å². The highest BCUT2D eigenvalue weighted by Gasteiger charge is 2.21. The number of hydrogen-bond acceptors (Lipinski definition) is 5. The first-order chi connectivity index (χ1) is 10.8. The van der Waals surface area contributed by atoms with E-state index in [4.69, 9.17) is 9.84 Å². The molecule has 3 aromatic rings. The summed E-state index contributed by atoms with van der Waals surface area (Å²) in [5.41, 5.74) is 1.01. The summed E-state index contributed by atoms with van der Waals surface area (Å²) in [6.45, 7) is 0. The van der Waals surface area contributed by atoms with Crippen molar-refractivity contribution in [2.75, 3.05) is 7.11 Å². The number of methoxy groups -OCH3 is 1. The van der Waals surface area contributed by atoms with Crippen molar-refractivity contribution >= 4 is 16.3 Å². The van der Waals surface area contributed by atoms with Crippen LogP contribution in [0.2, 0.25) is 0 Å². The number of benzene rings is 1. The molecule has 4 rings (SSSR count). The average molecular weight is 314 g/mol. The molecule has 0 radical (unpaired) electrons. The molecule has 22 heavy (non-hydrogen) atoms. The smallest absolute Gasteiger partial charge is 0.234 e. The van der Waals surface area contributed by atoms with E-state index in [1.165, 1.54) is 37.1 Å². The molecule has 1 aliphatic rings. The first-order valence-electron chi connectivity index (χ1n) is 7.72. The van der Waals surface area contributed by atoms with Gasteiger partial charge in [0.05, 0.1) is 7.11 Å². The standard InChI is InChI=1S/C16H18N4OS/c1-21-13-9-7-11(8-10-13)14-17-18-16-20(14)19-15(22-16)12-5-3-2-4-6-12/h7-10,12H,2-6H2,1H3.